The van der Waals surface area contributed by atoms with Gasteiger partial charge in [-0.05, 0) is 40.2 Å². The lowest BCUT2D eigenvalue weighted by molar-refractivity contribution is 0.0952. The topological polar surface area (TPSA) is 91.2 Å². The Labute approximate surface area is 135 Å². The van der Waals surface area contributed by atoms with E-state index in [0.717, 1.165) is 0 Å². The number of para-hydroxylation sites is 1. The number of amides is 1. The summed E-state index contributed by atoms with van der Waals surface area (Å²) < 4.78 is 5.59. The van der Waals surface area contributed by atoms with Gasteiger partial charge in [0.15, 0.2) is 11.5 Å². The Morgan fingerprint density at radius 1 is 1.27 bits per heavy atom. The number of nitrogens with one attached hydrogen (secondary N) is 1. The van der Waals surface area contributed by atoms with Gasteiger partial charge in [-0.25, -0.2) is 5.43 Å². The van der Waals surface area contributed by atoms with Crippen LogP contribution in [0.4, 0.5) is 0 Å². The number of ether oxygens (including phenoxy) is 1. The second-order valence-electron chi connectivity index (χ2n) is 4.26. The van der Waals surface area contributed by atoms with Crippen LogP contribution in [0.2, 0.25) is 0 Å². The Morgan fingerprint density at radius 3 is 2.68 bits per heavy atom. The van der Waals surface area contributed by atoms with Crippen LogP contribution in [0.3, 0.4) is 0 Å². The Balaban J connectivity index is 2.13. The molecule has 0 aliphatic carbocycles. The molecule has 0 radical (unpaired) electrons. The monoisotopic (exact) mass is 364 g/mol. The molecule has 0 bridgehead atoms. The molecule has 0 spiro atoms. The second-order valence-corrected chi connectivity index (χ2v) is 5.12. The zero-order chi connectivity index (χ0) is 16.1. The van der Waals surface area contributed by atoms with Crippen molar-refractivity contribution >= 4 is 28.1 Å². The Kier molecular flexibility index (Phi) is 5.00. The standard InChI is InChI=1S/C15H13BrN2O4/c1-22-14-6-9(11(16)7-13(14)20)8-17-18-15(21)10-4-2-3-5-12(10)19/h2-8,19-20H,1H3,(H,18,21). The lowest BCUT2D eigenvalue weighted by atomic mass is 10.2. The van der Waals surface area contributed by atoms with Crippen molar-refractivity contribution in [2.75, 3.05) is 7.11 Å². The maximum atomic E-state index is 11.9. The summed E-state index contributed by atoms with van der Waals surface area (Å²) in [4.78, 5) is 11.9. The van der Waals surface area contributed by atoms with Crippen molar-refractivity contribution in [2.24, 2.45) is 5.10 Å². The number of benzene rings is 2. The molecular weight excluding hydrogens is 352 g/mol. The van der Waals surface area contributed by atoms with Crippen LogP contribution in [0.15, 0.2) is 46.0 Å². The molecule has 0 aliphatic heterocycles. The highest BCUT2D eigenvalue weighted by atomic mass is 79.9. The summed E-state index contributed by atoms with van der Waals surface area (Å²) in [6, 6.07) is 9.19. The summed E-state index contributed by atoms with van der Waals surface area (Å²) in [7, 11) is 1.43. The van der Waals surface area contributed by atoms with Crippen molar-refractivity contribution in [3.8, 4) is 17.2 Å². The molecule has 3 N–H and O–H groups in total. The number of carbonyl (C=O) groups excluding carboxylic acids is 1. The summed E-state index contributed by atoms with van der Waals surface area (Å²) in [5, 5.41) is 23.0. The van der Waals surface area contributed by atoms with Crippen LogP contribution >= 0.6 is 15.9 Å². The molecule has 7 heteroatoms. The highest BCUT2D eigenvalue weighted by molar-refractivity contribution is 9.10. The van der Waals surface area contributed by atoms with E-state index in [-0.39, 0.29) is 22.8 Å². The zero-order valence-corrected chi connectivity index (χ0v) is 13.2. The number of phenols is 2. The fourth-order valence-electron chi connectivity index (χ4n) is 1.71. The molecule has 2 aromatic rings. The Bertz CT molecular complexity index is 731. The average Bonchev–Trinajstić information content (AvgIpc) is 2.49. The predicted molar refractivity (Wildman–Crippen MR) is 85.5 cm³/mol. The molecule has 1 amide bonds. The van der Waals surface area contributed by atoms with Crippen LogP contribution in [0.1, 0.15) is 15.9 Å². The van der Waals surface area contributed by atoms with E-state index in [1.54, 1.807) is 18.2 Å². The van der Waals surface area contributed by atoms with Gasteiger partial charge in [0.05, 0.1) is 18.9 Å². The van der Waals surface area contributed by atoms with Crippen molar-refractivity contribution in [3.63, 3.8) is 0 Å². The molecule has 0 saturated carbocycles. The third kappa shape index (κ3) is 3.56. The molecule has 0 aliphatic rings. The number of carbonyl (C=O) groups is 1. The van der Waals surface area contributed by atoms with Gasteiger partial charge in [0, 0.05) is 10.0 Å². The normalized spacial score (nSPS) is 10.6. The fraction of sp³-hybridized carbons (Fsp3) is 0.0667. The van der Waals surface area contributed by atoms with Gasteiger partial charge >= 0.3 is 0 Å². The quantitative estimate of drug-likeness (QED) is 0.574. The van der Waals surface area contributed by atoms with Crippen molar-refractivity contribution in [1.82, 2.24) is 5.43 Å². The lowest BCUT2D eigenvalue weighted by Crippen LogP contribution is -2.17. The molecule has 0 unspecified atom stereocenters. The fourth-order valence-corrected chi connectivity index (χ4v) is 2.14. The molecule has 0 saturated heterocycles. The van der Waals surface area contributed by atoms with Crippen LogP contribution in [0.25, 0.3) is 0 Å². The van der Waals surface area contributed by atoms with E-state index in [4.69, 9.17) is 4.74 Å². The number of nitrogens with zero attached hydrogens (tertiary/aromatic N) is 1. The number of phenolic OH excluding ortho intramolecular Hbond substituents is 2. The van der Waals surface area contributed by atoms with E-state index in [2.05, 4.69) is 26.5 Å². The number of aromatic hydroxyl groups is 2. The average molecular weight is 365 g/mol. The molecule has 0 aromatic heterocycles. The largest absolute Gasteiger partial charge is 0.507 e. The van der Waals surface area contributed by atoms with E-state index in [1.165, 1.54) is 31.5 Å². The van der Waals surface area contributed by atoms with Gasteiger partial charge in [-0.3, -0.25) is 4.79 Å². The summed E-state index contributed by atoms with van der Waals surface area (Å²) in [6.07, 6.45) is 1.39. The smallest absolute Gasteiger partial charge is 0.275 e. The summed E-state index contributed by atoms with van der Waals surface area (Å²) in [6.45, 7) is 0. The minimum absolute atomic E-state index is 0.00947. The molecule has 0 atom stereocenters. The van der Waals surface area contributed by atoms with Gasteiger partial charge in [-0.2, -0.15) is 5.10 Å². The van der Waals surface area contributed by atoms with Crippen molar-refractivity contribution in [3.05, 3.63) is 52.0 Å². The van der Waals surface area contributed by atoms with E-state index >= 15 is 0 Å². The molecule has 22 heavy (non-hydrogen) atoms. The molecule has 6 nitrogen and oxygen atoms in total. The third-order valence-electron chi connectivity index (χ3n) is 2.82. The van der Waals surface area contributed by atoms with Gasteiger partial charge in [-0.1, -0.05) is 12.1 Å². The number of halogens is 1. The Hall–Kier alpha value is -2.54. The first kappa shape index (κ1) is 15.8. The molecule has 114 valence electrons. The lowest BCUT2D eigenvalue weighted by Gasteiger charge is -2.06. The number of hydrogen-bond acceptors (Lipinski definition) is 5. The highest BCUT2D eigenvalue weighted by Gasteiger charge is 2.09. The Morgan fingerprint density at radius 2 is 2.00 bits per heavy atom. The molecule has 0 fully saturated rings. The van der Waals surface area contributed by atoms with Gasteiger partial charge in [0.1, 0.15) is 5.75 Å². The molecule has 2 aromatic carbocycles. The van der Waals surface area contributed by atoms with Gasteiger partial charge in [0.2, 0.25) is 0 Å². The van der Waals surface area contributed by atoms with Crippen molar-refractivity contribution in [1.29, 1.82) is 0 Å². The first-order chi connectivity index (χ1) is 10.5. The summed E-state index contributed by atoms with van der Waals surface area (Å²) in [5.74, 6) is -0.375. The van der Waals surface area contributed by atoms with Gasteiger partial charge < -0.3 is 14.9 Å². The second kappa shape index (κ2) is 6.95. The molecular formula is C15H13BrN2O4. The zero-order valence-electron chi connectivity index (χ0n) is 11.6. The first-order valence-electron chi connectivity index (χ1n) is 6.21. The maximum absolute atomic E-state index is 11.9. The highest BCUT2D eigenvalue weighted by Crippen LogP contribution is 2.31. The van der Waals surface area contributed by atoms with E-state index < -0.39 is 5.91 Å². The number of hydrazone groups is 1. The van der Waals surface area contributed by atoms with Crippen LogP contribution < -0.4 is 10.2 Å². The molecule has 0 heterocycles. The van der Waals surface area contributed by atoms with E-state index in [1.807, 2.05) is 0 Å². The van der Waals surface area contributed by atoms with Crippen LogP contribution in [0, 0.1) is 0 Å². The van der Waals surface area contributed by atoms with E-state index in [0.29, 0.717) is 10.0 Å². The van der Waals surface area contributed by atoms with Gasteiger partial charge in [-0.15, -0.1) is 0 Å². The summed E-state index contributed by atoms with van der Waals surface area (Å²) >= 11 is 3.27. The van der Waals surface area contributed by atoms with Crippen LogP contribution in [-0.4, -0.2) is 29.4 Å². The SMILES string of the molecule is COc1cc(C=NNC(=O)c2ccccc2O)c(Br)cc1O. The number of methoxy groups -OCH3 is 1. The van der Waals surface area contributed by atoms with Crippen molar-refractivity contribution < 1.29 is 19.7 Å². The molecule has 2 rings (SSSR count). The van der Waals surface area contributed by atoms with Crippen LogP contribution in [0.5, 0.6) is 17.2 Å². The maximum Gasteiger partial charge on any atom is 0.275 e. The first-order valence-corrected chi connectivity index (χ1v) is 7.00. The van der Waals surface area contributed by atoms with Crippen molar-refractivity contribution in [2.45, 2.75) is 0 Å². The minimum Gasteiger partial charge on any atom is -0.507 e. The number of hydrogen-bond donors (Lipinski definition) is 3. The van der Waals surface area contributed by atoms with Crippen LogP contribution in [-0.2, 0) is 0 Å². The minimum atomic E-state index is -0.531. The van der Waals surface area contributed by atoms with E-state index in [9.17, 15) is 15.0 Å². The predicted octanol–water partition coefficient (Wildman–Crippen LogP) is 2.63. The summed E-state index contributed by atoms with van der Waals surface area (Å²) in [5.41, 5.74) is 3.04. The third-order valence-corrected chi connectivity index (χ3v) is 3.50. The number of rotatable bonds is 4. The van der Waals surface area contributed by atoms with Gasteiger partial charge in [0.25, 0.3) is 5.91 Å².